The molecule has 0 saturated carbocycles. The highest BCUT2D eigenvalue weighted by Gasteiger charge is 2.29. The number of amides is 1. The largest absolute Gasteiger partial charge is 0.494 e. The van der Waals surface area contributed by atoms with Crippen molar-refractivity contribution < 1.29 is 27.4 Å². The van der Waals surface area contributed by atoms with E-state index in [1.165, 1.54) is 6.20 Å². The summed E-state index contributed by atoms with van der Waals surface area (Å²) < 4.78 is 47.2. The number of hydrogen-bond donors (Lipinski definition) is 2. The molecule has 0 fully saturated rings. The summed E-state index contributed by atoms with van der Waals surface area (Å²) in [6, 6.07) is 10.2. The number of H-pyrrole nitrogens is 1. The summed E-state index contributed by atoms with van der Waals surface area (Å²) in [7, 11) is 0. The van der Waals surface area contributed by atoms with Gasteiger partial charge in [-0.25, -0.2) is 4.98 Å². The Morgan fingerprint density at radius 3 is 2.79 bits per heavy atom. The molecular weight excluding hydrogens is 375 g/mol. The lowest BCUT2D eigenvalue weighted by molar-refractivity contribution is -0.154. The van der Waals surface area contributed by atoms with Crippen molar-refractivity contribution in [3.05, 3.63) is 53.9 Å². The van der Waals surface area contributed by atoms with Crippen LogP contribution in [0.15, 0.2) is 42.6 Å². The van der Waals surface area contributed by atoms with E-state index in [1.807, 2.05) is 13.0 Å². The van der Waals surface area contributed by atoms with Gasteiger partial charge in [-0.2, -0.15) is 13.2 Å². The van der Waals surface area contributed by atoms with Crippen LogP contribution in [0.2, 0.25) is 0 Å². The number of ether oxygens (including phenoxy) is 2. The van der Waals surface area contributed by atoms with Crippen molar-refractivity contribution in [3.8, 4) is 11.6 Å². The molecule has 0 unspecified atom stereocenters. The van der Waals surface area contributed by atoms with E-state index in [-0.39, 0.29) is 12.4 Å². The van der Waals surface area contributed by atoms with Gasteiger partial charge in [0.05, 0.1) is 6.61 Å². The molecular formula is C19H18F3N3O3. The van der Waals surface area contributed by atoms with Crippen LogP contribution in [0.25, 0.3) is 10.9 Å². The lowest BCUT2D eigenvalue weighted by Crippen LogP contribution is -2.24. The third-order valence-electron chi connectivity index (χ3n) is 3.81. The first kappa shape index (κ1) is 19.5. The van der Waals surface area contributed by atoms with Crippen molar-refractivity contribution in [1.82, 2.24) is 15.3 Å². The monoisotopic (exact) mass is 393 g/mol. The van der Waals surface area contributed by atoms with Gasteiger partial charge in [0.1, 0.15) is 11.4 Å². The summed E-state index contributed by atoms with van der Waals surface area (Å²) in [5, 5.41) is 3.49. The zero-order valence-corrected chi connectivity index (χ0v) is 15.0. The lowest BCUT2D eigenvalue weighted by Gasteiger charge is -2.12. The van der Waals surface area contributed by atoms with Gasteiger partial charge >= 0.3 is 6.18 Å². The second kappa shape index (κ2) is 8.20. The third-order valence-corrected chi connectivity index (χ3v) is 3.81. The Kier molecular flexibility index (Phi) is 5.72. The Morgan fingerprint density at radius 1 is 1.21 bits per heavy atom. The number of pyridine rings is 1. The molecule has 0 radical (unpaired) electrons. The van der Waals surface area contributed by atoms with Crippen LogP contribution in [0.3, 0.4) is 0 Å². The summed E-state index contributed by atoms with van der Waals surface area (Å²) in [4.78, 5) is 19.2. The summed E-state index contributed by atoms with van der Waals surface area (Å²) >= 11 is 0. The molecule has 6 nitrogen and oxygen atoms in total. The van der Waals surface area contributed by atoms with Crippen LogP contribution < -0.4 is 14.8 Å². The second-order valence-corrected chi connectivity index (χ2v) is 5.92. The van der Waals surface area contributed by atoms with E-state index in [9.17, 15) is 18.0 Å². The Bertz CT molecular complexity index is 970. The average molecular weight is 393 g/mol. The molecule has 0 spiro atoms. The molecule has 3 rings (SSSR count). The van der Waals surface area contributed by atoms with Crippen molar-refractivity contribution in [2.24, 2.45) is 0 Å². The predicted octanol–water partition coefficient (Wildman–Crippen LogP) is 3.83. The van der Waals surface area contributed by atoms with E-state index >= 15 is 0 Å². The van der Waals surface area contributed by atoms with Gasteiger partial charge in [0.2, 0.25) is 5.88 Å². The molecule has 1 aromatic carbocycles. The number of aromatic nitrogens is 2. The van der Waals surface area contributed by atoms with Crippen LogP contribution in [-0.4, -0.2) is 35.3 Å². The SMILES string of the molecule is CCOc1ccc2cc(C(=O)NCc3cccnc3OCC(F)(F)F)[nH]c2c1. The molecule has 3 aromatic rings. The molecule has 148 valence electrons. The lowest BCUT2D eigenvalue weighted by atomic mass is 10.2. The van der Waals surface area contributed by atoms with Crippen molar-refractivity contribution >= 4 is 16.8 Å². The van der Waals surface area contributed by atoms with Crippen LogP contribution in [0.1, 0.15) is 23.0 Å². The normalized spacial score (nSPS) is 11.4. The predicted molar refractivity (Wildman–Crippen MR) is 96.4 cm³/mol. The fourth-order valence-electron chi connectivity index (χ4n) is 2.59. The van der Waals surface area contributed by atoms with E-state index < -0.39 is 18.7 Å². The molecule has 2 N–H and O–H groups in total. The zero-order chi connectivity index (χ0) is 20.1. The number of carbonyl (C=O) groups excluding carboxylic acids is 1. The quantitative estimate of drug-likeness (QED) is 0.640. The number of hydrogen-bond acceptors (Lipinski definition) is 4. The third kappa shape index (κ3) is 4.93. The fourth-order valence-corrected chi connectivity index (χ4v) is 2.59. The number of nitrogens with zero attached hydrogens (tertiary/aromatic N) is 1. The van der Waals surface area contributed by atoms with Crippen LogP contribution in [-0.2, 0) is 6.54 Å². The molecule has 0 bridgehead atoms. The second-order valence-electron chi connectivity index (χ2n) is 5.92. The summed E-state index contributed by atoms with van der Waals surface area (Å²) in [5.74, 6) is 0.114. The first-order valence-corrected chi connectivity index (χ1v) is 8.53. The number of alkyl halides is 3. The minimum Gasteiger partial charge on any atom is -0.494 e. The molecule has 2 aromatic heterocycles. The van der Waals surface area contributed by atoms with Crippen molar-refractivity contribution in [2.75, 3.05) is 13.2 Å². The first-order chi connectivity index (χ1) is 13.4. The van der Waals surface area contributed by atoms with Crippen LogP contribution in [0.5, 0.6) is 11.6 Å². The van der Waals surface area contributed by atoms with E-state index in [0.29, 0.717) is 23.6 Å². The van der Waals surface area contributed by atoms with Crippen molar-refractivity contribution in [3.63, 3.8) is 0 Å². The van der Waals surface area contributed by atoms with Crippen molar-refractivity contribution in [2.45, 2.75) is 19.6 Å². The molecule has 0 aliphatic heterocycles. The fraction of sp³-hybridized carbons (Fsp3) is 0.263. The van der Waals surface area contributed by atoms with Gasteiger partial charge in [-0.1, -0.05) is 6.07 Å². The molecule has 9 heteroatoms. The molecule has 0 saturated heterocycles. The van der Waals surface area contributed by atoms with Gasteiger partial charge in [-0.15, -0.1) is 0 Å². The standard InChI is InChI=1S/C19H18F3N3O3/c1-2-27-14-6-5-12-8-16(25-15(12)9-14)17(26)24-10-13-4-3-7-23-18(13)28-11-19(20,21)22/h3-9,25H,2,10-11H2,1H3,(H,24,26). The summed E-state index contributed by atoms with van der Waals surface area (Å²) in [5.41, 5.74) is 1.41. The smallest absolute Gasteiger partial charge is 0.422 e. The number of benzene rings is 1. The molecule has 2 heterocycles. The maximum atomic E-state index is 12.4. The average Bonchev–Trinajstić information content (AvgIpc) is 3.08. The Morgan fingerprint density at radius 2 is 2.04 bits per heavy atom. The first-order valence-electron chi connectivity index (χ1n) is 8.53. The Balaban J connectivity index is 1.68. The number of nitrogens with one attached hydrogen (secondary N) is 2. The van der Waals surface area contributed by atoms with Gasteiger partial charge in [0.15, 0.2) is 6.61 Å². The minimum atomic E-state index is -4.47. The van der Waals surface area contributed by atoms with E-state index in [0.717, 1.165) is 10.9 Å². The molecule has 1 amide bonds. The zero-order valence-electron chi connectivity index (χ0n) is 15.0. The number of fused-ring (bicyclic) bond motifs is 1. The van der Waals surface area contributed by atoms with E-state index in [2.05, 4.69) is 15.3 Å². The Labute approximate surface area is 158 Å². The van der Waals surface area contributed by atoms with E-state index in [1.54, 1.807) is 30.3 Å². The number of aromatic amines is 1. The number of rotatable bonds is 7. The van der Waals surface area contributed by atoms with Gasteiger partial charge in [-0.3, -0.25) is 4.79 Å². The van der Waals surface area contributed by atoms with Gasteiger partial charge in [0, 0.05) is 35.3 Å². The van der Waals surface area contributed by atoms with Gasteiger partial charge in [-0.05, 0) is 31.2 Å². The van der Waals surface area contributed by atoms with E-state index in [4.69, 9.17) is 9.47 Å². The number of carbonyl (C=O) groups is 1. The number of halogens is 3. The Hall–Kier alpha value is -3.23. The van der Waals surface area contributed by atoms with Crippen LogP contribution in [0, 0.1) is 0 Å². The molecule has 0 aliphatic rings. The minimum absolute atomic E-state index is 0.0283. The van der Waals surface area contributed by atoms with Crippen LogP contribution >= 0.6 is 0 Å². The molecule has 0 atom stereocenters. The summed E-state index contributed by atoms with van der Waals surface area (Å²) in [6.45, 7) is 0.931. The van der Waals surface area contributed by atoms with Crippen molar-refractivity contribution in [1.29, 1.82) is 0 Å². The van der Waals surface area contributed by atoms with Crippen LogP contribution in [0.4, 0.5) is 13.2 Å². The highest BCUT2D eigenvalue weighted by molar-refractivity contribution is 5.98. The maximum absolute atomic E-state index is 12.4. The highest BCUT2D eigenvalue weighted by Crippen LogP contribution is 2.22. The van der Waals surface area contributed by atoms with Gasteiger partial charge < -0.3 is 19.8 Å². The molecule has 0 aliphatic carbocycles. The highest BCUT2D eigenvalue weighted by atomic mass is 19.4. The maximum Gasteiger partial charge on any atom is 0.422 e. The van der Waals surface area contributed by atoms with Gasteiger partial charge in [0.25, 0.3) is 5.91 Å². The topological polar surface area (TPSA) is 76.2 Å². The summed E-state index contributed by atoms with van der Waals surface area (Å²) in [6.07, 6.45) is -3.15. The molecule has 28 heavy (non-hydrogen) atoms.